The molecule has 2 atom stereocenters. The van der Waals surface area contributed by atoms with E-state index in [1.54, 1.807) is 24.7 Å². The standard InChI is InChI=1S/C27H21F3N4O3/c1-34-17-33-16-21(34)12-13-36-25-11-10-23(19-4-8-22(9-5-19)37-27(28,29)30)26(35,24(25)15-32)20-6-2-18(14-31)3-7-20/h2-11,16-17,24,35H,12-13H2,1H3/t24?,26-/m0/s1. The molecule has 188 valence electrons. The minimum absolute atomic E-state index is 0.222. The monoisotopic (exact) mass is 506 g/mol. The minimum atomic E-state index is -4.84. The number of allylic oxidation sites excluding steroid dienone is 2. The fraction of sp³-hybridized carbons (Fsp3) is 0.222. The predicted molar refractivity (Wildman–Crippen MR) is 126 cm³/mol. The van der Waals surface area contributed by atoms with Crippen molar-refractivity contribution in [3.63, 3.8) is 0 Å². The SMILES string of the molecule is Cn1cncc1CCOC1=CC=C(c2ccc(OC(F)(F)F)cc2)[C@@](O)(c2ccc(C#N)cc2)C1C#N. The molecule has 0 saturated carbocycles. The van der Waals surface area contributed by atoms with E-state index in [1.807, 2.05) is 17.7 Å². The molecule has 0 spiro atoms. The lowest BCUT2D eigenvalue weighted by Gasteiger charge is -2.38. The van der Waals surface area contributed by atoms with Gasteiger partial charge in [-0.25, -0.2) is 4.98 Å². The number of nitriles is 2. The van der Waals surface area contributed by atoms with Gasteiger partial charge in [-0.3, -0.25) is 0 Å². The van der Waals surface area contributed by atoms with Gasteiger partial charge in [0.15, 0.2) is 0 Å². The third-order valence-electron chi connectivity index (χ3n) is 6.05. The Balaban J connectivity index is 1.72. The molecule has 1 aromatic heterocycles. The largest absolute Gasteiger partial charge is 0.573 e. The highest BCUT2D eigenvalue weighted by molar-refractivity contribution is 5.78. The maximum absolute atomic E-state index is 12.6. The molecule has 0 radical (unpaired) electrons. The van der Waals surface area contributed by atoms with Crippen molar-refractivity contribution >= 4 is 5.57 Å². The highest BCUT2D eigenvalue weighted by Gasteiger charge is 2.47. The van der Waals surface area contributed by atoms with E-state index >= 15 is 0 Å². The van der Waals surface area contributed by atoms with Gasteiger partial charge in [-0.1, -0.05) is 30.3 Å². The van der Waals surface area contributed by atoms with Gasteiger partial charge in [0.25, 0.3) is 0 Å². The van der Waals surface area contributed by atoms with Gasteiger partial charge < -0.3 is 19.1 Å². The van der Waals surface area contributed by atoms with Crippen LogP contribution in [0.15, 0.2) is 79.0 Å². The lowest BCUT2D eigenvalue weighted by molar-refractivity contribution is -0.274. The van der Waals surface area contributed by atoms with Crippen LogP contribution in [-0.2, 0) is 23.8 Å². The van der Waals surface area contributed by atoms with Gasteiger partial charge in [-0.05, 0) is 47.0 Å². The number of aromatic nitrogens is 2. The van der Waals surface area contributed by atoms with Crippen LogP contribution in [0.5, 0.6) is 5.75 Å². The van der Waals surface area contributed by atoms with E-state index in [2.05, 4.69) is 15.8 Å². The van der Waals surface area contributed by atoms with Crippen molar-refractivity contribution in [1.82, 2.24) is 9.55 Å². The number of benzene rings is 2. The number of rotatable bonds is 7. The maximum Gasteiger partial charge on any atom is 0.573 e. The second-order valence-electron chi connectivity index (χ2n) is 8.33. The van der Waals surface area contributed by atoms with E-state index in [1.165, 1.54) is 36.4 Å². The lowest BCUT2D eigenvalue weighted by atomic mass is 9.70. The quantitative estimate of drug-likeness (QED) is 0.496. The topological polar surface area (TPSA) is 104 Å². The Hall–Kier alpha value is -4.54. The molecule has 1 aliphatic carbocycles. The van der Waals surface area contributed by atoms with Gasteiger partial charge >= 0.3 is 6.36 Å². The van der Waals surface area contributed by atoms with Crippen molar-refractivity contribution in [3.05, 3.63) is 101 Å². The van der Waals surface area contributed by atoms with Gasteiger partial charge in [-0.2, -0.15) is 10.5 Å². The molecule has 1 N–H and O–H groups in total. The number of alkyl halides is 3. The Bertz CT molecular complexity index is 1410. The third kappa shape index (κ3) is 5.35. The Morgan fingerprint density at radius 2 is 1.78 bits per heavy atom. The van der Waals surface area contributed by atoms with Crippen LogP contribution in [0.1, 0.15) is 22.4 Å². The maximum atomic E-state index is 12.6. The summed E-state index contributed by atoms with van der Waals surface area (Å²) in [6, 6.07) is 15.3. The van der Waals surface area contributed by atoms with E-state index in [-0.39, 0.29) is 17.9 Å². The number of aryl methyl sites for hydroxylation is 1. The Kier molecular flexibility index (Phi) is 7.05. The summed E-state index contributed by atoms with van der Waals surface area (Å²) in [7, 11) is 1.85. The number of hydrogen-bond acceptors (Lipinski definition) is 6. The highest BCUT2D eigenvalue weighted by Crippen LogP contribution is 2.48. The molecule has 4 rings (SSSR count). The van der Waals surface area contributed by atoms with Crippen LogP contribution < -0.4 is 4.74 Å². The Labute approximate surface area is 210 Å². The van der Waals surface area contributed by atoms with Gasteiger partial charge in [0.1, 0.15) is 23.0 Å². The molecule has 10 heteroatoms. The normalized spacial score (nSPS) is 19.3. The van der Waals surface area contributed by atoms with Crippen molar-refractivity contribution in [1.29, 1.82) is 10.5 Å². The van der Waals surface area contributed by atoms with Crippen LogP contribution in [-0.4, -0.2) is 27.6 Å². The van der Waals surface area contributed by atoms with Gasteiger partial charge in [0.2, 0.25) is 0 Å². The van der Waals surface area contributed by atoms with Crippen LogP contribution >= 0.6 is 0 Å². The van der Waals surface area contributed by atoms with Crippen LogP contribution in [0.3, 0.4) is 0 Å². The summed E-state index contributed by atoms with van der Waals surface area (Å²) in [5.74, 6) is -1.36. The summed E-state index contributed by atoms with van der Waals surface area (Å²) in [6.45, 7) is 0.222. The first kappa shape index (κ1) is 25.5. The number of halogens is 3. The van der Waals surface area contributed by atoms with Crippen LogP contribution in [0.2, 0.25) is 0 Å². The fourth-order valence-electron chi connectivity index (χ4n) is 4.21. The number of nitrogens with zero attached hydrogens (tertiary/aromatic N) is 4. The number of imidazole rings is 1. The van der Waals surface area contributed by atoms with Gasteiger partial charge in [0, 0.05) is 25.4 Å². The molecule has 1 aliphatic rings. The highest BCUT2D eigenvalue weighted by atomic mass is 19.4. The number of hydrogen-bond donors (Lipinski definition) is 1. The van der Waals surface area contributed by atoms with Crippen molar-refractivity contribution < 1.29 is 27.8 Å². The van der Waals surface area contributed by atoms with Crippen LogP contribution in [0.25, 0.3) is 5.57 Å². The van der Waals surface area contributed by atoms with Crippen molar-refractivity contribution in [2.45, 2.75) is 18.4 Å². The third-order valence-corrected chi connectivity index (χ3v) is 6.05. The average molecular weight is 506 g/mol. The summed E-state index contributed by atoms with van der Waals surface area (Å²) < 4.78 is 49.5. The second-order valence-corrected chi connectivity index (χ2v) is 8.33. The van der Waals surface area contributed by atoms with Gasteiger partial charge in [-0.15, -0.1) is 13.2 Å². The lowest BCUT2D eigenvalue weighted by Crippen LogP contribution is -2.39. The molecule has 3 aromatic rings. The molecule has 0 bridgehead atoms. The van der Waals surface area contributed by atoms with Crippen molar-refractivity contribution in [3.8, 4) is 17.9 Å². The summed E-state index contributed by atoms with van der Waals surface area (Å²) in [6.07, 6.45) is 2.19. The molecule has 0 fully saturated rings. The summed E-state index contributed by atoms with van der Waals surface area (Å²) >= 11 is 0. The Morgan fingerprint density at radius 1 is 1.08 bits per heavy atom. The number of aliphatic hydroxyl groups is 1. The summed E-state index contributed by atoms with van der Waals surface area (Å²) in [5, 5.41) is 31.4. The molecule has 1 unspecified atom stereocenters. The van der Waals surface area contributed by atoms with Crippen molar-refractivity contribution in [2.75, 3.05) is 6.61 Å². The zero-order valence-corrected chi connectivity index (χ0v) is 19.6. The van der Waals surface area contributed by atoms with E-state index in [9.17, 15) is 28.8 Å². The van der Waals surface area contributed by atoms with E-state index in [0.29, 0.717) is 23.1 Å². The molecule has 7 nitrogen and oxygen atoms in total. The average Bonchev–Trinajstić information content (AvgIpc) is 3.28. The molecule has 1 heterocycles. The first-order valence-electron chi connectivity index (χ1n) is 11.1. The first-order chi connectivity index (χ1) is 17.7. The van der Waals surface area contributed by atoms with Crippen molar-refractivity contribution in [2.24, 2.45) is 13.0 Å². The first-order valence-corrected chi connectivity index (χ1v) is 11.1. The summed E-state index contributed by atoms with van der Waals surface area (Å²) in [4.78, 5) is 4.06. The zero-order chi connectivity index (χ0) is 26.6. The molecular formula is C27H21F3N4O3. The van der Waals surface area contributed by atoms with E-state index in [4.69, 9.17) is 4.74 Å². The smallest absolute Gasteiger partial charge is 0.496 e. The van der Waals surface area contributed by atoms with E-state index < -0.39 is 23.6 Å². The molecule has 0 amide bonds. The molecule has 37 heavy (non-hydrogen) atoms. The predicted octanol–water partition coefficient (Wildman–Crippen LogP) is 4.76. The molecule has 2 aromatic carbocycles. The Morgan fingerprint density at radius 3 is 2.35 bits per heavy atom. The number of ether oxygens (including phenoxy) is 2. The second kappa shape index (κ2) is 10.2. The summed E-state index contributed by atoms with van der Waals surface area (Å²) in [5.41, 5.74) is 0.337. The fourth-order valence-corrected chi connectivity index (χ4v) is 4.21. The van der Waals surface area contributed by atoms with Crippen LogP contribution in [0, 0.1) is 28.6 Å². The van der Waals surface area contributed by atoms with Gasteiger partial charge in [0.05, 0.1) is 30.6 Å². The molecular weight excluding hydrogens is 485 g/mol. The zero-order valence-electron chi connectivity index (χ0n) is 19.6. The van der Waals surface area contributed by atoms with Crippen LogP contribution in [0.4, 0.5) is 13.2 Å². The minimum Gasteiger partial charge on any atom is -0.496 e. The molecule has 0 saturated heterocycles. The molecule has 0 aliphatic heterocycles. The van der Waals surface area contributed by atoms with E-state index in [0.717, 1.165) is 17.8 Å².